The minimum Gasteiger partial charge on any atom is -0.206 e. The molecule has 0 unspecified atom stereocenters. The van der Waals surface area contributed by atoms with Crippen molar-refractivity contribution in [3.8, 4) is 0 Å². The third-order valence-corrected chi connectivity index (χ3v) is 1.97. The average molecular weight is 264 g/mol. The molecule has 0 fully saturated rings. The van der Waals surface area contributed by atoms with Gasteiger partial charge in [-0.3, -0.25) is 0 Å². The zero-order valence-corrected chi connectivity index (χ0v) is 8.10. The number of halogens is 8. The number of rotatable bonds is 0. The van der Waals surface area contributed by atoms with Crippen LogP contribution in [0.15, 0.2) is 6.07 Å². The summed E-state index contributed by atoms with van der Waals surface area (Å²) in [6.07, 6.45) is -10.8. The molecule has 0 aliphatic heterocycles. The lowest BCUT2D eigenvalue weighted by molar-refractivity contribution is -0.149. The molecule has 0 atom stereocenters. The normalized spacial score (nSPS) is 13.0. The van der Waals surface area contributed by atoms with Crippen molar-refractivity contribution in [1.29, 1.82) is 0 Å². The number of benzene rings is 1. The van der Waals surface area contributed by atoms with Crippen molar-refractivity contribution in [3.05, 3.63) is 34.4 Å². The highest BCUT2D eigenvalue weighted by Crippen LogP contribution is 2.40. The summed E-state index contributed by atoms with van der Waals surface area (Å²) in [5.74, 6) is -4.68. The molecule has 0 radical (unpaired) electrons. The molecule has 1 aromatic carbocycles. The number of hydrogen-bond donors (Lipinski definition) is 0. The minimum absolute atomic E-state index is 0.0000926. The second kappa shape index (κ2) is 3.85. The maximum Gasteiger partial charge on any atom is 0.422 e. The summed E-state index contributed by atoms with van der Waals surface area (Å²) in [6, 6.07) is -0.0000926. The highest BCUT2D eigenvalue weighted by Gasteiger charge is 2.44. The van der Waals surface area contributed by atoms with Crippen LogP contribution >= 0.6 is 0 Å². The SMILES string of the molecule is Cc1cc(C(F)(F)F)c(F)c(C(F)(F)F)c1F. The van der Waals surface area contributed by atoms with E-state index < -0.39 is 40.7 Å². The van der Waals surface area contributed by atoms with Crippen LogP contribution in [0.1, 0.15) is 16.7 Å². The van der Waals surface area contributed by atoms with Crippen LogP contribution < -0.4 is 0 Å². The molecule has 0 aliphatic carbocycles. The monoisotopic (exact) mass is 264 g/mol. The molecule has 1 aromatic rings. The Hall–Kier alpha value is -1.34. The largest absolute Gasteiger partial charge is 0.422 e. The Bertz CT molecular complexity index is 440. The Morgan fingerprint density at radius 2 is 1.29 bits per heavy atom. The Morgan fingerprint density at radius 3 is 1.65 bits per heavy atom. The maximum atomic E-state index is 13.0. The first-order valence-electron chi connectivity index (χ1n) is 4.09. The van der Waals surface area contributed by atoms with Crippen LogP contribution in [0, 0.1) is 18.6 Å². The first-order valence-corrected chi connectivity index (χ1v) is 4.09. The molecule has 0 bridgehead atoms. The fraction of sp³-hybridized carbons (Fsp3) is 0.333. The van der Waals surface area contributed by atoms with Gasteiger partial charge in [0.2, 0.25) is 0 Å². The summed E-state index contributed by atoms with van der Waals surface area (Å²) in [5.41, 5.74) is -5.58. The molecule has 17 heavy (non-hydrogen) atoms. The Morgan fingerprint density at radius 1 is 0.824 bits per heavy atom. The van der Waals surface area contributed by atoms with Crippen molar-refractivity contribution in [1.82, 2.24) is 0 Å². The van der Waals surface area contributed by atoms with E-state index in [2.05, 4.69) is 0 Å². The van der Waals surface area contributed by atoms with E-state index >= 15 is 0 Å². The Balaban J connectivity index is 3.67. The van der Waals surface area contributed by atoms with Crippen molar-refractivity contribution < 1.29 is 35.1 Å². The molecule has 0 amide bonds. The lowest BCUT2D eigenvalue weighted by Gasteiger charge is -2.15. The van der Waals surface area contributed by atoms with Crippen LogP contribution in [-0.4, -0.2) is 0 Å². The summed E-state index contributed by atoms with van der Waals surface area (Å²) in [5, 5.41) is 0. The maximum absolute atomic E-state index is 13.0. The van der Waals surface area contributed by atoms with E-state index in [-0.39, 0.29) is 6.07 Å². The third kappa shape index (κ3) is 2.50. The molecule has 0 heterocycles. The summed E-state index contributed by atoms with van der Waals surface area (Å²) in [6.45, 7) is 0.694. The van der Waals surface area contributed by atoms with E-state index in [4.69, 9.17) is 0 Å². The predicted octanol–water partition coefficient (Wildman–Crippen LogP) is 4.31. The topological polar surface area (TPSA) is 0 Å². The Labute approximate surface area is 89.9 Å². The highest BCUT2D eigenvalue weighted by atomic mass is 19.4. The lowest BCUT2D eigenvalue weighted by Crippen LogP contribution is -2.18. The molecule has 0 spiro atoms. The summed E-state index contributed by atoms with van der Waals surface area (Å²) in [7, 11) is 0. The van der Waals surface area contributed by atoms with Crippen LogP contribution in [-0.2, 0) is 12.4 Å². The smallest absolute Gasteiger partial charge is 0.206 e. The van der Waals surface area contributed by atoms with Gasteiger partial charge < -0.3 is 0 Å². The van der Waals surface area contributed by atoms with Crippen molar-refractivity contribution in [2.75, 3.05) is 0 Å². The van der Waals surface area contributed by atoms with Gasteiger partial charge in [0.25, 0.3) is 0 Å². The summed E-state index contributed by atoms with van der Waals surface area (Å²) >= 11 is 0. The fourth-order valence-electron chi connectivity index (χ4n) is 1.23. The molecule has 0 aromatic heterocycles. The first kappa shape index (κ1) is 13.7. The highest BCUT2D eigenvalue weighted by molar-refractivity contribution is 5.36. The first-order chi connectivity index (χ1) is 7.46. The second-order valence-corrected chi connectivity index (χ2v) is 3.24. The van der Waals surface area contributed by atoms with Gasteiger partial charge in [-0.25, -0.2) is 8.78 Å². The van der Waals surface area contributed by atoms with Crippen LogP contribution in [0.3, 0.4) is 0 Å². The zero-order chi connectivity index (χ0) is 13.6. The van der Waals surface area contributed by atoms with Crippen molar-refractivity contribution >= 4 is 0 Å². The van der Waals surface area contributed by atoms with Gasteiger partial charge in [-0.05, 0) is 18.6 Å². The Kier molecular flexibility index (Phi) is 3.11. The number of hydrogen-bond acceptors (Lipinski definition) is 0. The predicted molar refractivity (Wildman–Crippen MR) is 41.1 cm³/mol. The van der Waals surface area contributed by atoms with Crippen LogP contribution in [0.25, 0.3) is 0 Å². The van der Waals surface area contributed by atoms with Gasteiger partial charge >= 0.3 is 12.4 Å². The van der Waals surface area contributed by atoms with Crippen molar-refractivity contribution in [3.63, 3.8) is 0 Å². The van der Waals surface area contributed by atoms with Gasteiger partial charge in [-0.15, -0.1) is 0 Å². The van der Waals surface area contributed by atoms with Crippen molar-refractivity contribution in [2.24, 2.45) is 0 Å². The van der Waals surface area contributed by atoms with E-state index in [1.165, 1.54) is 0 Å². The molecular weight excluding hydrogens is 260 g/mol. The number of aryl methyl sites for hydroxylation is 1. The average Bonchev–Trinajstić information content (AvgIpc) is 2.07. The standard InChI is InChI=1S/C9H4F8/c1-3-2-4(8(12,13)14)7(11)5(6(3)10)9(15,16)17/h2H,1H3. The van der Waals surface area contributed by atoms with Crippen molar-refractivity contribution in [2.45, 2.75) is 19.3 Å². The van der Waals surface area contributed by atoms with Gasteiger partial charge in [0.05, 0.1) is 5.56 Å². The molecular formula is C9H4F8. The minimum atomic E-state index is -5.53. The molecule has 1 rings (SSSR count). The van der Waals surface area contributed by atoms with Crippen LogP contribution in [0.2, 0.25) is 0 Å². The second-order valence-electron chi connectivity index (χ2n) is 3.24. The molecule has 0 nitrogen and oxygen atoms in total. The molecule has 0 saturated carbocycles. The third-order valence-electron chi connectivity index (χ3n) is 1.97. The van der Waals surface area contributed by atoms with Gasteiger partial charge in [0.1, 0.15) is 11.4 Å². The summed E-state index contributed by atoms with van der Waals surface area (Å²) < 4.78 is 99.3. The quantitative estimate of drug-likeness (QED) is 0.612. The molecule has 8 heteroatoms. The molecule has 0 saturated heterocycles. The molecule has 0 aliphatic rings. The van der Waals surface area contributed by atoms with E-state index in [0.717, 1.165) is 0 Å². The van der Waals surface area contributed by atoms with E-state index in [1.807, 2.05) is 0 Å². The van der Waals surface area contributed by atoms with Gasteiger partial charge in [-0.1, -0.05) is 0 Å². The van der Waals surface area contributed by atoms with E-state index in [1.54, 1.807) is 0 Å². The van der Waals surface area contributed by atoms with Gasteiger partial charge in [0, 0.05) is 0 Å². The van der Waals surface area contributed by atoms with Gasteiger partial charge in [-0.2, -0.15) is 26.3 Å². The van der Waals surface area contributed by atoms with Gasteiger partial charge in [0.15, 0.2) is 5.82 Å². The van der Waals surface area contributed by atoms with Crippen LogP contribution in [0.5, 0.6) is 0 Å². The summed E-state index contributed by atoms with van der Waals surface area (Å²) in [4.78, 5) is 0. The fourth-order valence-corrected chi connectivity index (χ4v) is 1.23. The van der Waals surface area contributed by atoms with E-state index in [0.29, 0.717) is 6.92 Å². The lowest BCUT2D eigenvalue weighted by atomic mass is 10.0. The zero-order valence-electron chi connectivity index (χ0n) is 8.10. The molecule has 0 N–H and O–H groups in total. The molecule has 96 valence electrons. The van der Waals surface area contributed by atoms with E-state index in [9.17, 15) is 35.1 Å². The number of alkyl halides is 6. The van der Waals surface area contributed by atoms with Crippen LogP contribution in [0.4, 0.5) is 35.1 Å².